The van der Waals surface area contributed by atoms with E-state index in [9.17, 15) is 9.59 Å². The van der Waals surface area contributed by atoms with E-state index < -0.39 is 11.6 Å². The number of thiol groups is 1. The van der Waals surface area contributed by atoms with E-state index in [1.165, 1.54) is 4.90 Å². The summed E-state index contributed by atoms with van der Waals surface area (Å²) in [5.41, 5.74) is -0.550. The van der Waals surface area contributed by atoms with Gasteiger partial charge in [-0.2, -0.15) is 0 Å². The molecule has 0 rings (SSSR count). The van der Waals surface area contributed by atoms with Gasteiger partial charge in [-0.05, 0) is 20.8 Å². The summed E-state index contributed by atoms with van der Waals surface area (Å²) in [7, 11) is 1.64. The lowest BCUT2D eigenvalue weighted by atomic mass is 10.2. The second kappa shape index (κ2) is 6.80. The molecule has 0 aliphatic rings. The number of esters is 1. The molecule has 0 aliphatic heterocycles. The number of likely N-dealkylation sites (N-methyl/N-ethyl adjacent to an activating group) is 1. The summed E-state index contributed by atoms with van der Waals surface area (Å²) >= 11 is 8.68. The molecule has 5 nitrogen and oxygen atoms in total. The van der Waals surface area contributed by atoms with Crippen molar-refractivity contribution in [2.45, 2.75) is 26.4 Å². The van der Waals surface area contributed by atoms with E-state index in [1.807, 2.05) is 0 Å². The SMILES string of the molecule is CN(CC(=O)NCC(=O)OC(C)(C)C)C(=S)S. The molecule has 0 saturated heterocycles. The van der Waals surface area contributed by atoms with Gasteiger partial charge in [0.15, 0.2) is 0 Å². The molecule has 0 bridgehead atoms. The first-order valence-corrected chi connectivity index (χ1v) is 5.90. The lowest BCUT2D eigenvalue weighted by molar-refractivity contribution is -0.154. The van der Waals surface area contributed by atoms with E-state index in [1.54, 1.807) is 27.8 Å². The van der Waals surface area contributed by atoms with Crippen molar-refractivity contribution in [3.63, 3.8) is 0 Å². The van der Waals surface area contributed by atoms with Crippen LogP contribution in [0.2, 0.25) is 0 Å². The minimum Gasteiger partial charge on any atom is -0.459 e. The van der Waals surface area contributed by atoms with Crippen molar-refractivity contribution in [2.24, 2.45) is 0 Å². The molecule has 0 atom stereocenters. The van der Waals surface area contributed by atoms with Crippen LogP contribution in [0.1, 0.15) is 20.8 Å². The van der Waals surface area contributed by atoms with Crippen molar-refractivity contribution in [1.82, 2.24) is 10.2 Å². The van der Waals surface area contributed by atoms with E-state index in [0.717, 1.165) is 0 Å². The van der Waals surface area contributed by atoms with Crippen LogP contribution in [0.25, 0.3) is 0 Å². The normalized spacial score (nSPS) is 10.6. The summed E-state index contributed by atoms with van der Waals surface area (Å²) in [5, 5.41) is 2.44. The first-order valence-electron chi connectivity index (χ1n) is 5.04. The van der Waals surface area contributed by atoms with Gasteiger partial charge in [-0.15, -0.1) is 12.6 Å². The van der Waals surface area contributed by atoms with Gasteiger partial charge < -0.3 is 15.0 Å². The number of carbonyl (C=O) groups excluding carboxylic acids is 2. The predicted octanol–water partition coefficient (Wildman–Crippen LogP) is 0.591. The Bertz CT molecular complexity index is 313. The number of rotatable bonds is 4. The topological polar surface area (TPSA) is 58.6 Å². The molecule has 0 fully saturated rings. The van der Waals surface area contributed by atoms with Crippen LogP contribution in [-0.2, 0) is 14.3 Å². The van der Waals surface area contributed by atoms with Crippen LogP contribution in [-0.4, -0.2) is 46.8 Å². The fourth-order valence-corrected chi connectivity index (χ4v) is 1.02. The Morgan fingerprint density at radius 2 is 1.94 bits per heavy atom. The van der Waals surface area contributed by atoms with Crippen molar-refractivity contribution >= 4 is 41.0 Å². The molecular weight excluding hydrogens is 260 g/mol. The molecule has 0 aliphatic carbocycles. The lowest BCUT2D eigenvalue weighted by Gasteiger charge is -2.20. The Morgan fingerprint density at radius 3 is 2.35 bits per heavy atom. The van der Waals surface area contributed by atoms with Gasteiger partial charge in [0.2, 0.25) is 5.91 Å². The summed E-state index contributed by atoms with van der Waals surface area (Å²) in [6.45, 7) is 5.20. The highest BCUT2D eigenvalue weighted by Crippen LogP contribution is 2.06. The molecule has 0 aromatic carbocycles. The van der Waals surface area contributed by atoms with E-state index >= 15 is 0 Å². The highest BCUT2D eigenvalue weighted by atomic mass is 32.1. The zero-order valence-corrected chi connectivity index (χ0v) is 12.2. The maximum Gasteiger partial charge on any atom is 0.325 e. The number of nitrogens with zero attached hydrogens (tertiary/aromatic N) is 1. The maximum atomic E-state index is 11.4. The fourth-order valence-electron chi connectivity index (χ4n) is 0.887. The summed E-state index contributed by atoms with van der Waals surface area (Å²) in [4.78, 5) is 24.2. The highest BCUT2D eigenvalue weighted by molar-refractivity contribution is 8.10. The predicted molar refractivity (Wildman–Crippen MR) is 73.1 cm³/mol. The first-order chi connectivity index (χ1) is 7.61. The molecule has 0 aromatic heterocycles. The van der Waals surface area contributed by atoms with Crippen molar-refractivity contribution in [1.29, 1.82) is 0 Å². The second-order valence-electron chi connectivity index (χ2n) is 4.50. The molecule has 1 amide bonds. The van der Waals surface area contributed by atoms with E-state index in [0.29, 0.717) is 4.32 Å². The van der Waals surface area contributed by atoms with Gasteiger partial charge in [-0.1, -0.05) is 12.2 Å². The van der Waals surface area contributed by atoms with Crippen molar-refractivity contribution in [2.75, 3.05) is 20.1 Å². The number of hydrogen-bond donors (Lipinski definition) is 2. The molecule has 98 valence electrons. The number of carbonyl (C=O) groups is 2. The van der Waals surface area contributed by atoms with Gasteiger partial charge in [0, 0.05) is 7.05 Å². The maximum absolute atomic E-state index is 11.4. The summed E-state index contributed by atoms with van der Waals surface area (Å²) < 4.78 is 5.35. The zero-order valence-electron chi connectivity index (χ0n) is 10.4. The van der Waals surface area contributed by atoms with Gasteiger partial charge in [-0.25, -0.2) is 0 Å². The van der Waals surface area contributed by atoms with Gasteiger partial charge in [0.1, 0.15) is 16.5 Å². The van der Waals surface area contributed by atoms with E-state index in [4.69, 9.17) is 17.0 Å². The minimum atomic E-state index is -0.550. The molecule has 1 N–H and O–H groups in total. The Morgan fingerprint density at radius 1 is 1.41 bits per heavy atom. The number of nitrogens with one attached hydrogen (secondary N) is 1. The quantitative estimate of drug-likeness (QED) is 0.448. The molecule has 17 heavy (non-hydrogen) atoms. The Balaban J connectivity index is 3.93. The standard InChI is InChI=1S/C10H18N2O3S2/c1-10(2,3)15-8(14)5-11-7(13)6-12(4)9(16)17/h5-6H2,1-4H3,(H,11,13)(H,16,17). The van der Waals surface area contributed by atoms with Crippen LogP contribution in [0.3, 0.4) is 0 Å². The highest BCUT2D eigenvalue weighted by Gasteiger charge is 2.17. The molecule has 0 heterocycles. The number of hydrogen-bond acceptors (Lipinski definition) is 4. The smallest absolute Gasteiger partial charge is 0.325 e. The third kappa shape index (κ3) is 8.93. The largest absolute Gasteiger partial charge is 0.459 e. The van der Waals surface area contributed by atoms with Crippen molar-refractivity contribution in [3.8, 4) is 0 Å². The minimum absolute atomic E-state index is 0.0606. The Labute approximate surface area is 112 Å². The molecule has 0 saturated carbocycles. The van der Waals surface area contributed by atoms with E-state index in [-0.39, 0.29) is 19.0 Å². The van der Waals surface area contributed by atoms with Gasteiger partial charge in [0.05, 0.1) is 6.54 Å². The van der Waals surface area contributed by atoms with Crippen LogP contribution in [0.15, 0.2) is 0 Å². The molecule has 0 spiro atoms. The Hall–Kier alpha value is -0.820. The van der Waals surface area contributed by atoms with Crippen LogP contribution in [0, 0.1) is 0 Å². The summed E-state index contributed by atoms with van der Waals surface area (Å²) in [6.07, 6.45) is 0. The average Bonchev–Trinajstić information content (AvgIpc) is 2.11. The summed E-state index contributed by atoms with van der Waals surface area (Å²) in [6, 6.07) is 0. The summed E-state index contributed by atoms with van der Waals surface area (Å²) in [5.74, 6) is -0.781. The number of ether oxygens (including phenoxy) is 1. The molecule has 0 radical (unpaired) electrons. The molecule has 0 aromatic rings. The average molecular weight is 278 g/mol. The first kappa shape index (κ1) is 16.2. The zero-order chi connectivity index (χ0) is 13.6. The number of thiocarbonyl (C=S) groups is 1. The monoisotopic (exact) mass is 278 g/mol. The number of amides is 1. The Kier molecular flexibility index (Phi) is 6.48. The van der Waals surface area contributed by atoms with Crippen LogP contribution >= 0.6 is 24.8 Å². The van der Waals surface area contributed by atoms with Crippen molar-refractivity contribution < 1.29 is 14.3 Å². The fraction of sp³-hybridized carbons (Fsp3) is 0.700. The van der Waals surface area contributed by atoms with Gasteiger partial charge >= 0.3 is 5.97 Å². The molecular formula is C10H18N2O3S2. The van der Waals surface area contributed by atoms with E-state index in [2.05, 4.69) is 17.9 Å². The third-order valence-electron chi connectivity index (χ3n) is 1.56. The molecule has 7 heteroatoms. The van der Waals surface area contributed by atoms with Crippen LogP contribution in [0.4, 0.5) is 0 Å². The van der Waals surface area contributed by atoms with Gasteiger partial charge in [0.25, 0.3) is 0 Å². The second-order valence-corrected chi connectivity index (χ2v) is 5.61. The lowest BCUT2D eigenvalue weighted by Crippen LogP contribution is -2.40. The van der Waals surface area contributed by atoms with Gasteiger partial charge in [-0.3, -0.25) is 9.59 Å². The van der Waals surface area contributed by atoms with Crippen molar-refractivity contribution in [3.05, 3.63) is 0 Å². The van der Waals surface area contributed by atoms with Crippen LogP contribution in [0.5, 0.6) is 0 Å². The van der Waals surface area contributed by atoms with Crippen LogP contribution < -0.4 is 5.32 Å². The molecule has 0 unspecified atom stereocenters. The third-order valence-corrected chi connectivity index (χ3v) is 2.21.